The smallest absolute Gasteiger partial charge is 0.306 e. The minimum Gasteiger partial charge on any atom is -0.469 e. The van der Waals surface area contributed by atoms with Gasteiger partial charge in [0.2, 0.25) is 5.91 Å². The Kier molecular flexibility index (Phi) is 4.64. The van der Waals surface area contributed by atoms with Crippen LogP contribution in [0.25, 0.3) is 10.6 Å². The zero-order valence-electron chi connectivity index (χ0n) is 10.2. The third-order valence-corrected chi connectivity index (χ3v) is 3.96. The molecule has 0 saturated carbocycles. The van der Waals surface area contributed by atoms with E-state index in [4.69, 9.17) is 0 Å². The number of amides is 1. The fourth-order valence-corrected chi connectivity index (χ4v) is 2.86. The van der Waals surface area contributed by atoms with Crippen molar-refractivity contribution in [2.45, 2.75) is 12.8 Å². The second-order valence-corrected chi connectivity index (χ2v) is 5.45. The predicted molar refractivity (Wildman–Crippen MR) is 75.3 cm³/mol. The molecule has 5 nitrogen and oxygen atoms in total. The summed E-state index contributed by atoms with van der Waals surface area (Å²) < 4.78 is 4.47. The highest BCUT2D eigenvalue weighted by molar-refractivity contribution is 7.16. The molecule has 1 N–H and O–H groups in total. The quantitative estimate of drug-likeness (QED) is 0.861. The first kappa shape index (κ1) is 13.7. The molecule has 7 heteroatoms. The van der Waals surface area contributed by atoms with Crippen LogP contribution in [0.1, 0.15) is 12.8 Å². The molecule has 0 aliphatic carbocycles. The molecule has 100 valence electrons. The highest BCUT2D eigenvalue weighted by Crippen LogP contribution is 2.28. The SMILES string of the molecule is COC(=O)CCC(=O)Nc1nc(-c2cccs2)cs1. The Morgan fingerprint density at radius 1 is 1.37 bits per heavy atom. The molecule has 0 unspecified atom stereocenters. The van der Waals surface area contributed by atoms with Gasteiger partial charge in [-0.25, -0.2) is 4.98 Å². The van der Waals surface area contributed by atoms with E-state index in [1.54, 1.807) is 11.3 Å². The summed E-state index contributed by atoms with van der Waals surface area (Å²) in [7, 11) is 1.30. The van der Waals surface area contributed by atoms with E-state index in [1.807, 2.05) is 22.9 Å². The van der Waals surface area contributed by atoms with E-state index in [2.05, 4.69) is 15.0 Å². The third kappa shape index (κ3) is 3.87. The molecule has 0 atom stereocenters. The molecule has 19 heavy (non-hydrogen) atoms. The Morgan fingerprint density at radius 3 is 2.89 bits per heavy atom. The Bertz CT molecular complexity index is 563. The van der Waals surface area contributed by atoms with Crippen molar-refractivity contribution < 1.29 is 14.3 Å². The van der Waals surface area contributed by atoms with Crippen molar-refractivity contribution in [3.05, 3.63) is 22.9 Å². The minimum atomic E-state index is -0.395. The van der Waals surface area contributed by atoms with Crippen molar-refractivity contribution >= 4 is 39.7 Å². The van der Waals surface area contributed by atoms with Crippen LogP contribution in [0.15, 0.2) is 22.9 Å². The van der Waals surface area contributed by atoms with Gasteiger partial charge in [-0.05, 0) is 11.4 Å². The van der Waals surface area contributed by atoms with Crippen LogP contribution in [0, 0.1) is 0 Å². The molecular formula is C12H12N2O3S2. The first-order chi connectivity index (χ1) is 9.19. The number of ether oxygens (including phenoxy) is 1. The molecule has 0 aliphatic heterocycles. The number of anilines is 1. The molecule has 0 aromatic carbocycles. The first-order valence-electron chi connectivity index (χ1n) is 5.55. The van der Waals surface area contributed by atoms with Crippen molar-refractivity contribution in [1.82, 2.24) is 4.98 Å². The lowest BCUT2D eigenvalue weighted by molar-refractivity contribution is -0.141. The zero-order chi connectivity index (χ0) is 13.7. The van der Waals surface area contributed by atoms with Crippen molar-refractivity contribution in [2.24, 2.45) is 0 Å². The lowest BCUT2D eigenvalue weighted by Crippen LogP contribution is -2.13. The van der Waals surface area contributed by atoms with Crippen molar-refractivity contribution in [3.8, 4) is 10.6 Å². The Balaban J connectivity index is 1.89. The number of hydrogen-bond acceptors (Lipinski definition) is 6. The molecule has 0 saturated heterocycles. The number of esters is 1. The first-order valence-corrected chi connectivity index (χ1v) is 7.31. The van der Waals surface area contributed by atoms with E-state index in [0.29, 0.717) is 5.13 Å². The lowest BCUT2D eigenvalue weighted by atomic mass is 10.3. The number of carbonyl (C=O) groups excluding carboxylic acids is 2. The predicted octanol–water partition coefficient (Wildman–Crippen LogP) is 2.76. The van der Waals surface area contributed by atoms with Crippen molar-refractivity contribution in [2.75, 3.05) is 12.4 Å². The largest absolute Gasteiger partial charge is 0.469 e. The van der Waals surface area contributed by atoms with Crippen LogP contribution in [0.3, 0.4) is 0 Å². The van der Waals surface area contributed by atoms with Gasteiger partial charge in [-0.1, -0.05) is 6.07 Å². The van der Waals surface area contributed by atoms with Crippen LogP contribution in [-0.4, -0.2) is 24.0 Å². The average molecular weight is 296 g/mol. The molecule has 0 fully saturated rings. The summed E-state index contributed by atoms with van der Waals surface area (Å²) in [5.41, 5.74) is 0.850. The molecule has 0 aliphatic rings. The standard InChI is InChI=1S/C12H12N2O3S2/c1-17-11(16)5-4-10(15)14-12-13-8(7-19-12)9-3-2-6-18-9/h2-3,6-7H,4-5H2,1H3,(H,13,14,15). The summed E-state index contributed by atoms with van der Waals surface area (Å²) in [6, 6.07) is 3.93. The van der Waals surface area contributed by atoms with E-state index in [-0.39, 0.29) is 18.7 Å². The van der Waals surface area contributed by atoms with E-state index in [9.17, 15) is 9.59 Å². The van der Waals surface area contributed by atoms with Crippen LogP contribution in [0.5, 0.6) is 0 Å². The molecule has 0 bridgehead atoms. The van der Waals surface area contributed by atoms with Gasteiger partial charge in [0.05, 0.1) is 24.1 Å². The van der Waals surface area contributed by atoms with Gasteiger partial charge in [-0.3, -0.25) is 9.59 Å². The van der Waals surface area contributed by atoms with Crippen molar-refractivity contribution in [3.63, 3.8) is 0 Å². The second-order valence-electron chi connectivity index (χ2n) is 3.64. The Hall–Kier alpha value is -1.73. The summed E-state index contributed by atoms with van der Waals surface area (Å²) in [6.45, 7) is 0. The monoisotopic (exact) mass is 296 g/mol. The van der Waals surface area contributed by atoms with Crippen LogP contribution < -0.4 is 5.32 Å². The lowest BCUT2D eigenvalue weighted by Gasteiger charge is -2.00. The number of nitrogens with one attached hydrogen (secondary N) is 1. The maximum atomic E-state index is 11.6. The molecular weight excluding hydrogens is 284 g/mol. The number of thiazole rings is 1. The second kappa shape index (κ2) is 6.44. The average Bonchev–Trinajstić information content (AvgIpc) is 3.06. The Morgan fingerprint density at radius 2 is 2.21 bits per heavy atom. The third-order valence-electron chi connectivity index (χ3n) is 2.31. The number of methoxy groups -OCH3 is 1. The van der Waals surface area contributed by atoms with Gasteiger partial charge < -0.3 is 10.1 Å². The Labute approximate surface area is 118 Å². The van der Waals surface area contributed by atoms with Gasteiger partial charge in [0, 0.05) is 11.8 Å². The maximum Gasteiger partial charge on any atom is 0.306 e. The number of nitrogens with zero attached hydrogens (tertiary/aromatic N) is 1. The van der Waals surface area contributed by atoms with E-state index in [1.165, 1.54) is 18.4 Å². The summed E-state index contributed by atoms with van der Waals surface area (Å²) in [4.78, 5) is 27.9. The maximum absolute atomic E-state index is 11.6. The van der Waals surface area contributed by atoms with E-state index >= 15 is 0 Å². The summed E-state index contributed by atoms with van der Waals surface area (Å²) in [6.07, 6.45) is 0.173. The van der Waals surface area contributed by atoms with Crippen LogP contribution in [-0.2, 0) is 14.3 Å². The van der Waals surface area contributed by atoms with Gasteiger partial charge >= 0.3 is 5.97 Å². The van der Waals surface area contributed by atoms with Crippen molar-refractivity contribution in [1.29, 1.82) is 0 Å². The normalized spacial score (nSPS) is 10.2. The molecule has 2 aromatic rings. The fraction of sp³-hybridized carbons (Fsp3) is 0.250. The van der Waals surface area contributed by atoms with Gasteiger partial charge in [-0.15, -0.1) is 22.7 Å². The van der Waals surface area contributed by atoms with E-state index < -0.39 is 5.97 Å². The molecule has 0 radical (unpaired) electrons. The minimum absolute atomic E-state index is 0.0749. The van der Waals surface area contributed by atoms with Gasteiger partial charge in [0.1, 0.15) is 0 Å². The van der Waals surface area contributed by atoms with Crippen LogP contribution in [0.4, 0.5) is 5.13 Å². The topological polar surface area (TPSA) is 68.3 Å². The fourth-order valence-electron chi connectivity index (χ4n) is 1.37. The molecule has 0 spiro atoms. The van der Waals surface area contributed by atoms with Gasteiger partial charge in [0.25, 0.3) is 0 Å². The molecule has 2 rings (SSSR count). The van der Waals surface area contributed by atoms with Gasteiger partial charge in [-0.2, -0.15) is 0 Å². The van der Waals surface area contributed by atoms with Crippen LogP contribution >= 0.6 is 22.7 Å². The number of thiophene rings is 1. The van der Waals surface area contributed by atoms with Crippen LogP contribution in [0.2, 0.25) is 0 Å². The highest BCUT2D eigenvalue weighted by Gasteiger charge is 2.10. The summed E-state index contributed by atoms with van der Waals surface area (Å²) in [5, 5.41) is 7.08. The number of carbonyl (C=O) groups is 2. The van der Waals surface area contributed by atoms with E-state index in [0.717, 1.165) is 10.6 Å². The highest BCUT2D eigenvalue weighted by atomic mass is 32.1. The summed E-state index contributed by atoms with van der Waals surface area (Å²) in [5.74, 6) is -0.633. The van der Waals surface area contributed by atoms with Gasteiger partial charge in [0.15, 0.2) is 5.13 Å². The molecule has 2 aromatic heterocycles. The molecule has 2 heterocycles. The zero-order valence-corrected chi connectivity index (χ0v) is 11.8. The number of rotatable bonds is 5. The summed E-state index contributed by atoms with van der Waals surface area (Å²) >= 11 is 2.96. The number of hydrogen-bond donors (Lipinski definition) is 1. The molecule has 1 amide bonds. The number of aromatic nitrogens is 1.